The van der Waals surface area contributed by atoms with E-state index in [0.717, 1.165) is 0 Å². The molecule has 0 heterocycles. The lowest BCUT2D eigenvalue weighted by molar-refractivity contribution is 0.722. The molecular formula is C8H13I. The van der Waals surface area contributed by atoms with Gasteiger partial charge >= 0.3 is 0 Å². The first kappa shape index (κ1) is 7.58. The Morgan fingerprint density at radius 2 is 2.22 bits per heavy atom. The minimum absolute atomic E-state index is 1.32. The Hall–Kier alpha value is 0.470. The fraction of sp³-hybridized carbons (Fsp3) is 0.750. The maximum atomic E-state index is 2.44. The van der Waals surface area contributed by atoms with E-state index in [4.69, 9.17) is 0 Å². The number of unbranched alkanes of at least 4 members (excludes halogenated alkanes) is 1. The predicted octanol–water partition coefficient (Wildman–Crippen LogP) is 3.31. The molecule has 0 spiro atoms. The van der Waals surface area contributed by atoms with Crippen molar-refractivity contribution in [3.8, 4) is 0 Å². The van der Waals surface area contributed by atoms with E-state index in [-0.39, 0.29) is 0 Å². The van der Waals surface area contributed by atoms with Gasteiger partial charge in [0.25, 0.3) is 0 Å². The third-order valence-corrected chi connectivity index (χ3v) is 2.54. The first-order valence-electron chi connectivity index (χ1n) is 3.67. The van der Waals surface area contributed by atoms with Gasteiger partial charge in [0.2, 0.25) is 0 Å². The molecule has 0 bridgehead atoms. The second kappa shape index (κ2) is 4.31. The second-order valence-electron chi connectivity index (χ2n) is 2.55. The molecule has 1 heteroatoms. The lowest BCUT2D eigenvalue weighted by Gasteiger charge is -2.12. The summed E-state index contributed by atoms with van der Waals surface area (Å²) in [6.45, 7) is 0. The summed E-state index contributed by atoms with van der Waals surface area (Å²) in [5.41, 5.74) is 1.71. The summed E-state index contributed by atoms with van der Waals surface area (Å²) in [7, 11) is 0. The quantitative estimate of drug-likeness (QED) is 0.304. The van der Waals surface area contributed by atoms with Gasteiger partial charge in [0.05, 0.1) is 0 Å². The zero-order chi connectivity index (χ0) is 6.53. The summed E-state index contributed by atoms with van der Waals surface area (Å²) in [6.07, 6.45) is 9.31. The molecule has 0 aromatic carbocycles. The van der Waals surface area contributed by atoms with Gasteiger partial charge in [-0.3, -0.25) is 0 Å². The number of hydrogen-bond acceptors (Lipinski definition) is 0. The van der Waals surface area contributed by atoms with Crippen LogP contribution >= 0.6 is 22.6 Å². The minimum Gasteiger partial charge on any atom is -0.0864 e. The molecule has 0 atom stereocenters. The van der Waals surface area contributed by atoms with Crippen LogP contribution in [0.5, 0.6) is 0 Å². The molecule has 0 aromatic rings. The number of alkyl halides is 1. The van der Waals surface area contributed by atoms with Gasteiger partial charge in [0.15, 0.2) is 0 Å². The Morgan fingerprint density at radius 3 is 2.67 bits per heavy atom. The molecule has 1 rings (SSSR count). The van der Waals surface area contributed by atoms with E-state index >= 15 is 0 Å². The van der Waals surface area contributed by atoms with Gasteiger partial charge < -0.3 is 0 Å². The van der Waals surface area contributed by atoms with E-state index in [1.165, 1.54) is 36.5 Å². The van der Waals surface area contributed by atoms with Gasteiger partial charge in [-0.1, -0.05) is 34.2 Å². The Kier molecular flexibility index (Phi) is 3.63. The van der Waals surface area contributed by atoms with Crippen molar-refractivity contribution in [3.05, 3.63) is 11.6 Å². The summed E-state index contributed by atoms with van der Waals surface area (Å²) in [5, 5.41) is 0. The molecule has 0 fully saturated rings. The number of hydrogen-bond donors (Lipinski definition) is 0. The largest absolute Gasteiger partial charge is 0.0864 e. The van der Waals surface area contributed by atoms with Crippen molar-refractivity contribution in [3.63, 3.8) is 0 Å². The Labute approximate surface area is 70.9 Å². The van der Waals surface area contributed by atoms with Gasteiger partial charge in [0.1, 0.15) is 0 Å². The maximum absolute atomic E-state index is 2.44. The van der Waals surface area contributed by atoms with E-state index in [1.54, 1.807) is 5.57 Å². The summed E-state index contributed by atoms with van der Waals surface area (Å²) in [4.78, 5) is 0. The number of rotatable bonds is 4. The first-order chi connectivity index (χ1) is 4.43. The third-order valence-electron chi connectivity index (χ3n) is 1.78. The van der Waals surface area contributed by atoms with Gasteiger partial charge in [-0.2, -0.15) is 0 Å². The highest BCUT2D eigenvalue weighted by atomic mass is 127. The number of halogens is 1. The van der Waals surface area contributed by atoms with Crippen LogP contribution in [0.3, 0.4) is 0 Å². The van der Waals surface area contributed by atoms with E-state index in [9.17, 15) is 0 Å². The fourth-order valence-corrected chi connectivity index (χ4v) is 1.56. The molecule has 1 aliphatic rings. The van der Waals surface area contributed by atoms with Crippen LogP contribution in [0.1, 0.15) is 32.1 Å². The molecular weight excluding hydrogens is 223 g/mol. The average Bonchev–Trinajstić information content (AvgIpc) is 1.76. The van der Waals surface area contributed by atoms with Crippen LogP contribution in [0.4, 0.5) is 0 Å². The maximum Gasteiger partial charge on any atom is -0.000462 e. The topological polar surface area (TPSA) is 0 Å². The van der Waals surface area contributed by atoms with Crippen LogP contribution in [0.15, 0.2) is 11.6 Å². The summed E-state index contributed by atoms with van der Waals surface area (Å²) < 4.78 is 1.32. The highest BCUT2D eigenvalue weighted by Crippen LogP contribution is 2.23. The molecule has 1 aliphatic carbocycles. The lowest BCUT2D eigenvalue weighted by Crippen LogP contribution is -1.93. The third kappa shape index (κ3) is 2.70. The smallest absolute Gasteiger partial charge is 0.000462 e. The molecule has 9 heavy (non-hydrogen) atoms. The van der Waals surface area contributed by atoms with Crippen molar-refractivity contribution in [2.45, 2.75) is 32.1 Å². The molecule has 0 aliphatic heterocycles. The van der Waals surface area contributed by atoms with Crippen LogP contribution < -0.4 is 0 Å². The summed E-state index contributed by atoms with van der Waals surface area (Å²) >= 11 is 2.44. The zero-order valence-electron chi connectivity index (χ0n) is 5.70. The SMILES string of the molecule is ICCCCC1=CCC1. The van der Waals surface area contributed by atoms with Gasteiger partial charge in [-0.15, -0.1) is 0 Å². The number of allylic oxidation sites excluding steroid dienone is 2. The van der Waals surface area contributed by atoms with E-state index < -0.39 is 0 Å². The van der Waals surface area contributed by atoms with Crippen molar-refractivity contribution >= 4 is 22.6 Å². The standard InChI is InChI=1S/C8H13I/c9-7-2-1-4-8-5-3-6-8/h5H,1-4,6-7H2. The summed E-state index contributed by atoms with van der Waals surface area (Å²) in [5.74, 6) is 0. The molecule has 0 N–H and O–H groups in total. The monoisotopic (exact) mass is 236 g/mol. The minimum atomic E-state index is 1.32. The van der Waals surface area contributed by atoms with Crippen LogP contribution in [0, 0.1) is 0 Å². The van der Waals surface area contributed by atoms with Gasteiger partial charge in [0, 0.05) is 0 Å². The fourth-order valence-electron chi connectivity index (χ4n) is 1.02. The molecule has 0 saturated heterocycles. The molecule has 0 amide bonds. The van der Waals surface area contributed by atoms with Crippen LogP contribution in [0.2, 0.25) is 0 Å². The zero-order valence-corrected chi connectivity index (χ0v) is 7.86. The second-order valence-corrected chi connectivity index (χ2v) is 3.63. The molecule has 0 unspecified atom stereocenters. The molecule has 0 radical (unpaired) electrons. The van der Waals surface area contributed by atoms with E-state index in [0.29, 0.717) is 0 Å². The van der Waals surface area contributed by atoms with Gasteiger partial charge in [-0.05, 0) is 36.5 Å². The van der Waals surface area contributed by atoms with Crippen molar-refractivity contribution in [1.29, 1.82) is 0 Å². The highest BCUT2D eigenvalue weighted by Gasteiger charge is 2.03. The average molecular weight is 236 g/mol. The predicted molar refractivity (Wildman–Crippen MR) is 50.1 cm³/mol. The summed E-state index contributed by atoms with van der Waals surface area (Å²) in [6, 6.07) is 0. The Balaban J connectivity index is 1.92. The molecule has 52 valence electrons. The van der Waals surface area contributed by atoms with Crippen molar-refractivity contribution in [2.75, 3.05) is 4.43 Å². The van der Waals surface area contributed by atoms with E-state index in [1.807, 2.05) is 0 Å². The molecule has 0 nitrogen and oxygen atoms in total. The lowest BCUT2D eigenvalue weighted by atomic mass is 9.94. The van der Waals surface area contributed by atoms with Crippen molar-refractivity contribution in [2.24, 2.45) is 0 Å². The molecule has 0 aromatic heterocycles. The Morgan fingerprint density at radius 1 is 1.44 bits per heavy atom. The highest BCUT2D eigenvalue weighted by molar-refractivity contribution is 14.1. The van der Waals surface area contributed by atoms with E-state index in [2.05, 4.69) is 28.7 Å². The Bertz CT molecular complexity index is 105. The van der Waals surface area contributed by atoms with Crippen LogP contribution in [0.25, 0.3) is 0 Å². The van der Waals surface area contributed by atoms with Crippen LogP contribution in [-0.2, 0) is 0 Å². The first-order valence-corrected chi connectivity index (χ1v) is 5.20. The van der Waals surface area contributed by atoms with Crippen molar-refractivity contribution < 1.29 is 0 Å². The molecule has 0 saturated carbocycles. The normalized spacial score (nSPS) is 16.8. The van der Waals surface area contributed by atoms with Gasteiger partial charge in [-0.25, -0.2) is 0 Å². The van der Waals surface area contributed by atoms with Crippen molar-refractivity contribution in [1.82, 2.24) is 0 Å². The van der Waals surface area contributed by atoms with Crippen LogP contribution in [-0.4, -0.2) is 4.43 Å².